The van der Waals surface area contributed by atoms with Gasteiger partial charge in [0.2, 0.25) is 5.91 Å². The van der Waals surface area contributed by atoms with Gasteiger partial charge in [0, 0.05) is 29.4 Å². The normalized spacial score (nSPS) is 11.8. The first kappa shape index (κ1) is 15.4. The van der Waals surface area contributed by atoms with E-state index in [9.17, 15) is 4.79 Å². The number of benzene rings is 2. The number of anilines is 2. The number of rotatable bonds is 4. The van der Waals surface area contributed by atoms with Crippen molar-refractivity contribution in [2.45, 2.75) is 26.8 Å². The van der Waals surface area contributed by atoms with E-state index in [4.69, 9.17) is 11.6 Å². The molecule has 0 radical (unpaired) electrons. The Bertz CT molecular complexity index is 638. The zero-order valence-corrected chi connectivity index (χ0v) is 13.2. The fourth-order valence-corrected chi connectivity index (χ4v) is 2.29. The second-order valence-electron chi connectivity index (χ2n) is 5.13. The standard InChI is InChI=1S/C17H19ClN2O/c1-11-10-16(8-9-17(11)20-13(3)21)19-12(2)14-4-6-15(18)7-5-14/h4-10,12,19H,1-3H3,(H,20,21). The average molecular weight is 303 g/mol. The van der Waals surface area contributed by atoms with Crippen molar-refractivity contribution >= 4 is 28.9 Å². The van der Waals surface area contributed by atoms with Gasteiger partial charge in [-0.15, -0.1) is 0 Å². The smallest absolute Gasteiger partial charge is 0.221 e. The summed E-state index contributed by atoms with van der Waals surface area (Å²) in [4.78, 5) is 11.1. The molecule has 0 saturated heterocycles. The predicted molar refractivity (Wildman–Crippen MR) is 89.0 cm³/mol. The number of nitrogens with one attached hydrogen (secondary N) is 2. The maximum Gasteiger partial charge on any atom is 0.221 e. The Morgan fingerprint density at radius 1 is 1.14 bits per heavy atom. The van der Waals surface area contributed by atoms with E-state index in [1.54, 1.807) is 0 Å². The summed E-state index contributed by atoms with van der Waals surface area (Å²) in [5.74, 6) is -0.0617. The molecule has 0 spiro atoms. The largest absolute Gasteiger partial charge is 0.379 e. The van der Waals surface area contributed by atoms with Gasteiger partial charge in [0.1, 0.15) is 0 Å². The van der Waals surface area contributed by atoms with Crippen molar-refractivity contribution in [3.8, 4) is 0 Å². The summed E-state index contributed by atoms with van der Waals surface area (Å²) in [7, 11) is 0. The van der Waals surface area contributed by atoms with Gasteiger partial charge >= 0.3 is 0 Å². The zero-order valence-electron chi connectivity index (χ0n) is 12.4. The lowest BCUT2D eigenvalue weighted by Gasteiger charge is -2.17. The molecule has 3 nitrogen and oxygen atoms in total. The molecule has 0 heterocycles. The highest BCUT2D eigenvalue weighted by Crippen LogP contribution is 2.24. The van der Waals surface area contributed by atoms with Crippen LogP contribution in [0.2, 0.25) is 5.02 Å². The van der Waals surface area contributed by atoms with E-state index in [0.29, 0.717) is 0 Å². The Labute approximate surface area is 130 Å². The van der Waals surface area contributed by atoms with E-state index in [1.165, 1.54) is 12.5 Å². The van der Waals surface area contributed by atoms with Crippen LogP contribution in [0.5, 0.6) is 0 Å². The summed E-state index contributed by atoms with van der Waals surface area (Å²) in [6, 6.07) is 13.9. The topological polar surface area (TPSA) is 41.1 Å². The van der Waals surface area contributed by atoms with E-state index in [-0.39, 0.29) is 11.9 Å². The van der Waals surface area contributed by atoms with Crippen LogP contribution in [-0.2, 0) is 4.79 Å². The van der Waals surface area contributed by atoms with Crippen molar-refractivity contribution < 1.29 is 4.79 Å². The summed E-state index contributed by atoms with van der Waals surface area (Å²) in [6.07, 6.45) is 0. The highest BCUT2D eigenvalue weighted by molar-refractivity contribution is 6.30. The first-order chi connectivity index (χ1) is 9.95. The Hall–Kier alpha value is -2.00. The Morgan fingerprint density at radius 2 is 1.81 bits per heavy atom. The zero-order chi connectivity index (χ0) is 15.4. The van der Waals surface area contributed by atoms with E-state index in [2.05, 4.69) is 17.6 Å². The third-order valence-corrected chi connectivity index (χ3v) is 3.54. The van der Waals surface area contributed by atoms with Crippen molar-refractivity contribution in [2.75, 3.05) is 10.6 Å². The second kappa shape index (κ2) is 6.64. The summed E-state index contributed by atoms with van der Waals surface area (Å²) < 4.78 is 0. The molecular formula is C17H19ClN2O. The molecule has 2 N–H and O–H groups in total. The molecule has 0 aliphatic carbocycles. The summed E-state index contributed by atoms with van der Waals surface area (Å²) >= 11 is 5.90. The number of halogens is 1. The van der Waals surface area contributed by atoms with E-state index >= 15 is 0 Å². The highest BCUT2D eigenvalue weighted by Gasteiger charge is 2.07. The molecule has 0 bridgehead atoms. The van der Waals surface area contributed by atoms with Crippen molar-refractivity contribution in [1.82, 2.24) is 0 Å². The first-order valence-electron chi connectivity index (χ1n) is 6.86. The van der Waals surface area contributed by atoms with Crippen LogP contribution in [0, 0.1) is 6.92 Å². The molecule has 2 aromatic carbocycles. The van der Waals surface area contributed by atoms with Gasteiger partial charge in [-0.25, -0.2) is 0 Å². The number of aryl methyl sites for hydroxylation is 1. The molecule has 0 aliphatic heterocycles. The SMILES string of the molecule is CC(=O)Nc1ccc(NC(C)c2ccc(Cl)cc2)cc1C. The Kier molecular flexibility index (Phi) is 4.86. The first-order valence-corrected chi connectivity index (χ1v) is 7.24. The van der Waals surface area contributed by atoms with E-state index in [1.807, 2.05) is 49.4 Å². The molecule has 0 saturated carbocycles. The molecule has 0 fully saturated rings. The van der Waals surface area contributed by atoms with Gasteiger partial charge in [-0.1, -0.05) is 23.7 Å². The van der Waals surface area contributed by atoms with Gasteiger partial charge in [0.05, 0.1) is 0 Å². The molecule has 21 heavy (non-hydrogen) atoms. The van der Waals surface area contributed by atoms with Gasteiger partial charge in [0.15, 0.2) is 0 Å². The van der Waals surface area contributed by atoms with Crippen LogP contribution in [0.1, 0.15) is 31.0 Å². The molecule has 1 amide bonds. The van der Waals surface area contributed by atoms with E-state index in [0.717, 1.165) is 22.0 Å². The van der Waals surface area contributed by atoms with Crippen LogP contribution in [0.15, 0.2) is 42.5 Å². The van der Waals surface area contributed by atoms with Crippen LogP contribution in [0.25, 0.3) is 0 Å². The van der Waals surface area contributed by atoms with Crippen LogP contribution < -0.4 is 10.6 Å². The molecule has 2 aromatic rings. The molecule has 1 atom stereocenters. The van der Waals surface area contributed by atoms with Crippen molar-refractivity contribution in [1.29, 1.82) is 0 Å². The van der Waals surface area contributed by atoms with E-state index < -0.39 is 0 Å². The lowest BCUT2D eigenvalue weighted by atomic mass is 10.1. The molecule has 2 rings (SSSR count). The summed E-state index contributed by atoms with van der Waals surface area (Å²) in [5, 5.41) is 6.99. The van der Waals surface area contributed by atoms with Crippen molar-refractivity contribution in [2.24, 2.45) is 0 Å². The lowest BCUT2D eigenvalue weighted by molar-refractivity contribution is -0.114. The van der Waals surface area contributed by atoms with Crippen LogP contribution >= 0.6 is 11.6 Å². The minimum Gasteiger partial charge on any atom is -0.379 e. The molecular weight excluding hydrogens is 284 g/mol. The minimum absolute atomic E-state index is 0.0617. The van der Waals surface area contributed by atoms with Gasteiger partial charge in [0.25, 0.3) is 0 Å². The number of amides is 1. The number of carbonyl (C=O) groups is 1. The quantitative estimate of drug-likeness (QED) is 0.853. The lowest BCUT2D eigenvalue weighted by Crippen LogP contribution is -2.09. The maximum absolute atomic E-state index is 11.1. The molecule has 0 aromatic heterocycles. The van der Waals surface area contributed by atoms with Gasteiger partial charge in [-0.05, 0) is 55.3 Å². The van der Waals surface area contributed by atoms with Gasteiger partial charge < -0.3 is 10.6 Å². The molecule has 1 unspecified atom stereocenters. The minimum atomic E-state index is -0.0617. The fraction of sp³-hybridized carbons (Fsp3) is 0.235. The average Bonchev–Trinajstić information content (AvgIpc) is 2.42. The van der Waals surface area contributed by atoms with Crippen LogP contribution in [0.3, 0.4) is 0 Å². The maximum atomic E-state index is 11.1. The number of hydrogen-bond acceptors (Lipinski definition) is 2. The van der Waals surface area contributed by atoms with Crippen LogP contribution in [-0.4, -0.2) is 5.91 Å². The number of carbonyl (C=O) groups excluding carboxylic acids is 1. The van der Waals surface area contributed by atoms with Crippen molar-refractivity contribution in [3.63, 3.8) is 0 Å². The second-order valence-corrected chi connectivity index (χ2v) is 5.56. The molecule has 4 heteroatoms. The monoisotopic (exact) mass is 302 g/mol. The number of hydrogen-bond donors (Lipinski definition) is 2. The third kappa shape index (κ3) is 4.23. The van der Waals surface area contributed by atoms with Gasteiger partial charge in [-0.2, -0.15) is 0 Å². The molecule has 110 valence electrons. The highest BCUT2D eigenvalue weighted by atomic mass is 35.5. The predicted octanol–water partition coefficient (Wildman–Crippen LogP) is 4.78. The Morgan fingerprint density at radius 3 is 2.38 bits per heavy atom. The van der Waals surface area contributed by atoms with Gasteiger partial charge in [-0.3, -0.25) is 4.79 Å². The Balaban J connectivity index is 2.10. The summed E-state index contributed by atoms with van der Waals surface area (Å²) in [5.41, 5.74) is 4.05. The fourth-order valence-electron chi connectivity index (χ4n) is 2.17. The van der Waals surface area contributed by atoms with Crippen molar-refractivity contribution in [3.05, 3.63) is 58.6 Å². The molecule has 0 aliphatic rings. The summed E-state index contributed by atoms with van der Waals surface area (Å²) in [6.45, 7) is 5.58. The van der Waals surface area contributed by atoms with Crippen LogP contribution in [0.4, 0.5) is 11.4 Å². The third-order valence-electron chi connectivity index (χ3n) is 3.29.